The Morgan fingerprint density at radius 3 is 2.78 bits per heavy atom. The molecule has 3 nitrogen and oxygen atoms in total. The highest BCUT2D eigenvalue weighted by Gasteiger charge is 2.06. The first kappa shape index (κ1) is 12.8. The average Bonchev–Trinajstić information content (AvgIpc) is 2.77. The quantitative estimate of drug-likeness (QED) is 0.661. The van der Waals surface area contributed by atoms with Crippen molar-refractivity contribution in [3.8, 4) is 11.3 Å². The molecule has 0 bridgehead atoms. The van der Waals surface area contributed by atoms with Crippen molar-refractivity contribution in [3.63, 3.8) is 0 Å². The highest BCUT2D eigenvalue weighted by atomic mass is 35.5. The van der Waals surface area contributed by atoms with E-state index in [1.807, 2.05) is 12.1 Å². The Hall–Kier alpha value is -1.65. The Morgan fingerprint density at radius 1 is 1.33 bits per heavy atom. The van der Waals surface area contributed by atoms with Crippen LogP contribution in [0.4, 0.5) is 0 Å². The Bertz CT molecular complexity index is 616. The molecule has 0 aliphatic carbocycles. The number of thiol groups is 1. The fourth-order valence-corrected chi connectivity index (χ4v) is 1.74. The Morgan fingerprint density at radius 2 is 2.11 bits per heavy atom. The van der Waals surface area contributed by atoms with Crippen molar-refractivity contribution in [2.45, 2.75) is 0 Å². The monoisotopic (exact) mass is 280 g/mol. The summed E-state index contributed by atoms with van der Waals surface area (Å²) in [5.41, 5.74) is 0.832. The minimum absolute atomic E-state index is 0.0815. The number of aliphatic carboxylic acids is 1. The molecule has 0 unspecified atom stereocenters. The smallest absolute Gasteiger partial charge is 0.342 e. The van der Waals surface area contributed by atoms with Gasteiger partial charge in [0.25, 0.3) is 0 Å². The summed E-state index contributed by atoms with van der Waals surface area (Å²) in [6.45, 7) is 0. The average molecular weight is 281 g/mol. The molecule has 2 rings (SSSR count). The van der Waals surface area contributed by atoms with Crippen molar-refractivity contribution in [2.24, 2.45) is 0 Å². The minimum Gasteiger partial charge on any atom is -0.477 e. The lowest BCUT2D eigenvalue weighted by Crippen LogP contribution is -1.92. The molecule has 1 N–H and O–H groups in total. The van der Waals surface area contributed by atoms with Crippen LogP contribution in [-0.4, -0.2) is 11.1 Å². The molecule has 0 aliphatic rings. The van der Waals surface area contributed by atoms with E-state index in [1.54, 1.807) is 24.3 Å². The minimum atomic E-state index is -1.10. The summed E-state index contributed by atoms with van der Waals surface area (Å²) in [7, 11) is 0. The van der Waals surface area contributed by atoms with Gasteiger partial charge in [-0.15, -0.1) is 12.6 Å². The molecule has 0 radical (unpaired) electrons. The van der Waals surface area contributed by atoms with Crippen LogP contribution in [0.3, 0.4) is 0 Å². The molecular formula is C13H9ClO3S. The lowest BCUT2D eigenvalue weighted by molar-refractivity contribution is -0.131. The van der Waals surface area contributed by atoms with Crippen LogP contribution in [0.15, 0.2) is 45.7 Å². The lowest BCUT2D eigenvalue weighted by Gasteiger charge is -1.97. The number of rotatable bonds is 3. The third-order valence-electron chi connectivity index (χ3n) is 2.23. The van der Waals surface area contributed by atoms with E-state index in [1.165, 1.54) is 6.08 Å². The van der Waals surface area contributed by atoms with Crippen molar-refractivity contribution in [3.05, 3.63) is 52.1 Å². The maximum absolute atomic E-state index is 10.6. The van der Waals surface area contributed by atoms with Crippen LogP contribution in [-0.2, 0) is 4.79 Å². The molecule has 0 saturated heterocycles. The van der Waals surface area contributed by atoms with E-state index in [0.717, 1.165) is 5.56 Å². The second-order valence-electron chi connectivity index (χ2n) is 3.55. The number of carboxylic acids is 1. The molecular weight excluding hydrogens is 272 g/mol. The van der Waals surface area contributed by atoms with Crippen LogP contribution in [0.1, 0.15) is 5.76 Å². The van der Waals surface area contributed by atoms with Crippen LogP contribution in [0, 0.1) is 0 Å². The first-order valence-corrected chi connectivity index (χ1v) is 5.88. The number of carboxylic acid groups (broad SMARTS) is 1. The standard InChI is InChI=1S/C13H9ClO3S/c14-9-3-1-2-8(6-9)11-5-4-10(17-11)7-12(18)13(15)16/h1-7,18H,(H,15,16)/b12-7-. The molecule has 0 saturated carbocycles. The van der Waals surface area contributed by atoms with Crippen molar-refractivity contribution >= 4 is 36.3 Å². The number of carbonyl (C=O) groups is 1. The van der Waals surface area contributed by atoms with E-state index in [9.17, 15) is 4.79 Å². The van der Waals surface area contributed by atoms with Gasteiger partial charge in [0.05, 0.1) is 4.91 Å². The lowest BCUT2D eigenvalue weighted by atomic mass is 10.2. The van der Waals surface area contributed by atoms with Gasteiger partial charge in [-0.2, -0.15) is 0 Å². The number of halogens is 1. The van der Waals surface area contributed by atoms with Gasteiger partial charge >= 0.3 is 5.97 Å². The molecule has 5 heteroatoms. The van der Waals surface area contributed by atoms with Gasteiger partial charge in [0.2, 0.25) is 0 Å². The largest absolute Gasteiger partial charge is 0.477 e. The maximum atomic E-state index is 10.6. The SMILES string of the molecule is O=C(O)/C(S)=C/c1ccc(-c2cccc(Cl)c2)o1. The molecule has 18 heavy (non-hydrogen) atoms. The Kier molecular flexibility index (Phi) is 3.79. The number of hydrogen-bond acceptors (Lipinski definition) is 3. The first-order chi connectivity index (χ1) is 8.56. The Balaban J connectivity index is 2.31. The topological polar surface area (TPSA) is 50.4 Å². The van der Waals surface area contributed by atoms with Crippen molar-refractivity contribution in [2.75, 3.05) is 0 Å². The third kappa shape index (κ3) is 2.97. The summed E-state index contributed by atoms with van der Waals surface area (Å²) in [4.78, 5) is 10.5. The summed E-state index contributed by atoms with van der Waals surface area (Å²) in [5, 5.41) is 9.31. The zero-order valence-electron chi connectivity index (χ0n) is 9.13. The van der Waals surface area contributed by atoms with Gasteiger partial charge in [-0.1, -0.05) is 23.7 Å². The predicted molar refractivity (Wildman–Crippen MR) is 73.8 cm³/mol. The van der Waals surface area contributed by atoms with E-state index < -0.39 is 5.97 Å². The van der Waals surface area contributed by atoms with Crippen LogP contribution >= 0.6 is 24.2 Å². The molecule has 0 amide bonds. The first-order valence-electron chi connectivity index (χ1n) is 5.06. The fourth-order valence-electron chi connectivity index (χ4n) is 1.42. The molecule has 1 aromatic carbocycles. The van der Waals surface area contributed by atoms with Gasteiger partial charge in [0.15, 0.2) is 0 Å². The predicted octanol–water partition coefficient (Wildman–Crippen LogP) is 3.96. The fraction of sp³-hybridized carbons (Fsp3) is 0. The highest BCUT2D eigenvalue weighted by Crippen LogP contribution is 2.25. The van der Waals surface area contributed by atoms with Crippen LogP contribution in [0.5, 0.6) is 0 Å². The highest BCUT2D eigenvalue weighted by molar-refractivity contribution is 7.85. The van der Waals surface area contributed by atoms with Gasteiger partial charge in [-0.3, -0.25) is 0 Å². The molecule has 0 aliphatic heterocycles. The molecule has 1 heterocycles. The zero-order chi connectivity index (χ0) is 13.1. The van der Waals surface area contributed by atoms with E-state index in [2.05, 4.69) is 12.6 Å². The second kappa shape index (κ2) is 5.33. The molecule has 0 spiro atoms. The number of benzene rings is 1. The second-order valence-corrected chi connectivity index (χ2v) is 4.47. The van der Waals surface area contributed by atoms with Crippen molar-refractivity contribution in [1.82, 2.24) is 0 Å². The maximum Gasteiger partial charge on any atom is 0.342 e. The number of furan rings is 1. The van der Waals surface area contributed by atoms with Crippen molar-refractivity contribution in [1.29, 1.82) is 0 Å². The molecule has 1 aromatic heterocycles. The van der Waals surface area contributed by atoms with Gasteiger partial charge in [0.1, 0.15) is 11.5 Å². The van der Waals surface area contributed by atoms with Gasteiger partial charge < -0.3 is 9.52 Å². The van der Waals surface area contributed by atoms with Crippen molar-refractivity contribution < 1.29 is 14.3 Å². The third-order valence-corrected chi connectivity index (χ3v) is 2.79. The van der Waals surface area contributed by atoms with E-state index in [0.29, 0.717) is 16.5 Å². The summed E-state index contributed by atoms with van der Waals surface area (Å²) in [5.74, 6) is -0.0494. The molecule has 0 atom stereocenters. The normalized spacial score (nSPS) is 11.6. The van der Waals surface area contributed by atoms with Crippen LogP contribution < -0.4 is 0 Å². The summed E-state index contributed by atoms with van der Waals surface area (Å²) >= 11 is 9.71. The molecule has 0 fully saturated rings. The molecule has 2 aromatic rings. The summed E-state index contributed by atoms with van der Waals surface area (Å²) in [6, 6.07) is 10.6. The van der Waals surface area contributed by atoms with E-state index >= 15 is 0 Å². The summed E-state index contributed by atoms with van der Waals surface area (Å²) < 4.78 is 5.50. The summed E-state index contributed by atoms with van der Waals surface area (Å²) in [6.07, 6.45) is 1.35. The van der Waals surface area contributed by atoms with Gasteiger partial charge in [-0.05, 0) is 24.3 Å². The van der Waals surface area contributed by atoms with Crippen LogP contribution in [0.2, 0.25) is 5.02 Å². The van der Waals surface area contributed by atoms with E-state index in [4.69, 9.17) is 21.1 Å². The van der Waals surface area contributed by atoms with Gasteiger partial charge in [0, 0.05) is 16.7 Å². The van der Waals surface area contributed by atoms with Crippen LogP contribution in [0.25, 0.3) is 17.4 Å². The zero-order valence-corrected chi connectivity index (χ0v) is 10.8. The van der Waals surface area contributed by atoms with E-state index in [-0.39, 0.29) is 4.91 Å². The number of hydrogen-bond donors (Lipinski definition) is 2. The van der Waals surface area contributed by atoms with Gasteiger partial charge in [-0.25, -0.2) is 4.79 Å². The Labute approximate surface area is 114 Å². The molecule has 92 valence electrons.